The molecule has 2 heteroatoms. The van der Waals surface area contributed by atoms with Crippen LogP contribution in [0.25, 0.3) is 0 Å². The zero-order valence-corrected chi connectivity index (χ0v) is 22.2. The van der Waals surface area contributed by atoms with E-state index in [0.717, 1.165) is 47.3 Å². The maximum Gasteiger partial charge on any atom is 0.00647 e. The van der Waals surface area contributed by atoms with E-state index in [4.69, 9.17) is 11.5 Å². The van der Waals surface area contributed by atoms with E-state index in [1.165, 1.54) is 103 Å². The van der Waals surface area contributed by atoms with Gasteiger partial charge >= 0.3 is 0 Å². The minimum atomic E-state index is 0. The summed E-state index contributed by atoms with van der Waals surface area (Å²) in [6.45, 7) is 9.65. The minimum absolute atomic E-state index is 0. The van der Waals surface area contributed by atoms with Gasteiger partial charge in [-0.05, 0) is 112 Å². The topological polar surface area (TPSA) is 52.0 Å². The predicted octanol–water partition coefficient (Wildman–Crippen LogP) is 8.57. The smallest absolute Gasteiger partial charge is 0.00647 e. The third-order valence-electron chi connectivity index (χ3n) is 10.4. The molecule has 0 spiro atoms. The highest BCUT2D eigenvalue weighted by Gasteiger charge is 2.30. The first-order valence-corrected chi connectivity index (χ1v) is 14.8. The van der Waals surface area contributed by atoms with Gasteiger partial charge in [-0.3, -0.25) is 0 Å². The minimum Gasteiger partial charge on any atom is -0.328 e. The Morgan fingerprint density at radius 2 is 0.939 bits per heavy atom. The quantitative estimate of drug-likeness (QED) is 0.439. The van der Waals surface area contributed by atoms with Crippen molar-refractivity contribution in [1.29, 1.82) is 0 Å². The molecule has 6 unspecified atom stereocenters. The number of rotatable bonds is 4. The first kappa shape index (κ1) is 29.2. The second-order valence-electron chi connectivity index (χ2n) is 13.3. The van der Waals surface area contributed by atoms with Gasteiger partial charge in [0.2, 0.25) is 0 Å². The molecule has 2 nitrogen and oxygen atoms in total. The molecule has 0 amide bonds. The molecule has 33 heavy (non-hydrogen) atoms. The molecule has 4 N–H and O–H groups in total. The van der Waals surface area contributed by atoms with Crippen molar-refractivity contribution in [3.05, 3.63) is 0 Å². The molecule has 0 aromatic heterocycles. The van der Waals surface area contributed by atoms with Crippen molar-refractivity contribution in [3.8, 4) is 0 Å². The second kappa shape index (κ2) is 14.5. The van der Waals surface area contributed by atoms with Crippen molar-refractivity contribution < 1.29 is 0 Å². The van der Waals surface area contributed by atoms with Gasteiger partial charge in [0.25, 0.3) is 0 Å². The number of hydrogen-bond donors (Lipinski definition) is 2. The van der Waals surface area contributed by atoms with Crippen LogP contribution >= 0.6 is 0 Å². The van der Waals surface area contributed by atoms with Crippen LogP contribution in [0.15, 0.2) is 0 Å². The normalized spacial score (nSPS) is 44.2. The fourth-order valence-electron chi connectivity index (χ4n) is 7.55. The van der Waals surface area contributed by atoms with Crippen molar-refractivity contribution in [2.45, 2.75) is 150 Å². The lowest BCUT2D eigenvalue weighted by Gasteiger charge is -2.37. The molecule has 0 radical (unpaired) electrons. The Balaban J connectivity index is 0.000000228. The summed E-state index contributed by atoms with van der Waals surface area (Å²) in [5.74, 6) is 7.75. The van der Waals surface area contributed by atoms with E-state index in [9.17, 15) is 0 Å². The predicted molar refractivity (Wildman–Crippen MR) is 147 cm³/mol. The van der Waals surface area contributed by atoms with E-state index in [2.05, 4.69) is 27.7 Å². The Bertz CT molecular complexity index is 459. The fraction of sp³-hybridized carbons (Fsp3) is 1.00. The van der Waals surface area contributed by atoms with E-state index < -0.39 is 0 Å². The van der Waals surface area contributed by atoms with Crippen LogP contribution in [0.3, 0.4) is 0 Å². The molecule has 4 saturated carbocycles. The van der Waals surface area contributed by atoms with Crippen LogP contribution < -0.4 is 11.5 Å². The third-order valence-corrected chi connectivity index (χ3v) is 10.4. The van der Waals surface area contributed by atoms with Crippen molar-refractivity contribution in [2.24, 2.45) is 58.8 Å². The fourth-order valence-corrected chi connectivity index (χ4v) is 7.55. The molecule has 4 fully saturated rings. The van der Waals surface area contributed by atoms with Crippen LogP contribution in [0.1, 0.15) is 138 Å². The van der Waals surface area contributed by atoms with Gasteiger partial charge in [0.15, 0.2) is 0 Å². The lowest BCUT2D eigenvalue weighted by molar-refractivity contribution is 0.152. The number of hydrogen-bond acceptors (Lipinski definition) is 2. The summed E-state index contributed by atoms with van der Waals surface area (Å²) in [5.41, 5.74) is 12.1. The van der Waals surface area contributed by atoms with Gasteiger partial charge < -0.3 is 11.5 Å². The summed E-state index contributed by atoms with van der Waals surface area (Å²) in [4.78, 5) is 0. The van der Waals surface area contributed by atoms with Gasteiger partial charge in [-0.2, -0.15) is 0 Å². The molecule has 0 aliphatic heterocycles. The maximum absolute atomic E-state index is 6.11. The van der Waals surface area contributed by atoms with Crippen molar-refractivity contribution >= 4 is 0 Å². The molecule has 4 aliphatic carbocycles. The number of nitrogens with two attached hydrogens (primary N) is 2. The van der Waals surface area contributed by atoms with Crippen LogP contribution in [-0.2, 0) is 0 Å². The van der Waals surface area contributed by atoms with Gasteiger partial charge in [-0.15, -0.1) is 0 Å². The molecule has 0 bridgehead atoms. The molecule has 4 aliphatic rings. The summed E-state index contributed by atoms with van der Waals surface area (Å²) >= 11 is 0. The molecule has 6 atom stereocenters. The van der Waals surface area contributed by atoms with Crippen LogP contribution in [0.2, 0.25) is 0 Å². The van der Waals surface area contributed by atoms with Gasteiger partial charge in [0.1, 0.15) is 0 Å². The van der Waals surface area contributed by atoms with Gasteiger partial charge in [-0.1, -0.05) is 73.6 Å². The van der Waals surface area contributed by atoms with E-state index in [1.807, 2.05) is 0 Å². The molecule has 0 aromatic rings. The highest BCUT2D eigenvalue weighted by Crippen LogP contribution is 2.40. The van der Waals surface area contributed by atoms with Crippen molar-refractivity contribution in [2.75, 3.05) is 0 Å². The molecular formula is C31H62N2. The Kier molecular flexibility index (Phi) is 12.8. The van der Waals surface area contributed by atoms with Crippen LogP contribution in [0, 0.1) is 47.3 Å². The van der Waals surface area contributed by atoms with Crippen LogP contribution in [-0.4, -0.2) is 12.1 Å². The van der Waals surface area contributed by atoms with E-state index in [-0.39, 0.29) is 7.43 Å². The van der Waals surface area contributed by atoms with Crippen molar-refractivity contribution in [3.63, 3.8) is 0 Å². The Hall–Kier alpha value is -0.0800. The second-order valence-corrected chi connectivity index (χ2v) is 13.3. The molecular weight excluding hydrogens is 400 g/mol. The average Bonchev–Trinajstić information content (AvgIpc) is 2.77. The lowest BCUT2D eigenvalue weighted by atomic mass is 9.69. The van der Waals surface area contributed by atoms with Crippen LogP contribution in [0.4, 0.5) is 0 Å². The van der Waals surface area contributed by atoms with E-state index >= 15 is 0 Å². The first-order chi connectivity index (χ1) is 15.3. The lowest BCUT2D eigenvalue weighted by Crippen LogP contribution is -2.35. The Morgan fingerprint density at radius 3 is 1.48 bits per heavy atom. The van der Waals surface area contributed by atoms with Crippen LogP contribution in [0.5, 0.6) is 0 Å². The highest BCUT2D eigenvalue weighted by molar-refractivity contribution is 4.83. The summed E-state index contributed by atoms with van der Waals surface area (Å²) in [7, 11) is 0. The average molecular weight is 463 g/mol. The van der Waals surface area contributed by atoms with Gasteiger partial charge in [-0.25, -0.2) is 0 Å². The summed E-state index contributed by atoms with van der Waals surface area (Å²) in [6.07, 6.45) is 22.9. The zero-order chi connectivity index (χ0) is 23.1. The summed E-state index contributed by atoms with van der Waals surface area (Å²) in [5, 5.41) is 0. The largest absolute Gasteiger partial charge is 0.328 e. The summed E-state index contributed by atoms with van der Waals surface area (Å²) < 4.78 is 0. The molecule has 4 rings (SSSR count). The summed E-state index contributed by atoms with van der Waals surface area (Å²) in [6, 6.07) is 1.00. The molecule has 196 valence electrons. The molecule has 0 saturated heterocycles. The Morgan fingerprint density at radius 1 is 0.485 bits per heavy atom. The Labute approximate surface area is 208 Å². The van der Waals surface area contributed by atoms with Gasteiger partial charge in [0, 0.05) is 12.1 Å². The molecule has 0 aromatic carbocycles. The highest BCUT2D eigenvalue weighted by atomic mass is 14.7. The maximum atomic E-state index is 6.11. The van der Waals surface area contributed by atoms with E-state index in [1.54, 1.807) is 0 Å². The third kappa shape index (κ3) is 9.83. The molecule has 0 heterocycles. The zero-order valence-electron chi connectivity index (χ0n) is 22.2. The first-order valence-electron chi connectivity index (χ1n) is 14.8. The van der Waals surface area contributed by atoms with Crippen molar-refractivity contribution in [1.82, 2.24) is 0 Å². The monoisotopic (exact) mass is 462 g/mol. The SMILES string of the molecule is C.CC1CCC(CC2CCC(N)C(C)C2)CC1C.CC1CCC(CC2CCC(N)CC2)CC1. The van der Waals surface area contributed by atoms with Gasteiger partial charge in [0.05, 0.1) is 0 Å². The van der Waals surface area contributed by atoms with E-state index in [0.29, 0.717) is 12.1 Å². The standard InChI is InChI=1S/C16H31N.C14H27N.CH4/c1-11-4-5-14(8-12(11)2)10-15-6-7-16(17)13(3)9-15;1-11-2-4-12(5-3-11)10-13-6-8-14(15)9-7-13;/h11-16H,4-10,17H2,1-3H3;11-14H,2-10,15H2,1H3;1H4.